The van der Waals surface area contributed by atoms with Crippen LogP contribution in [0.15, 0.2) is 30.5 Å². The first-order valence-corrected chi connectivity index (χ1v) is 6.29. The van der Waals surface area contributed by atoms with E-state index >= 15 is 0 Å². The first-order chi connectivity index (χ1) is 8.72. The molecular weight excluding hydrogens is 343 g/mol. The monoisotopic (exact) mass is 352 g/mol. The number of nitrogen functional groups attached to an aromatic ring is 1. The minimum Gasteiger partial charge on any atom is -0.368 e. The first-order valence-electron chi connectivity index (χ1n) is 5.21. The van der Waals surface area contributed by atoms with Crippen LogP contribution in [0, 0.1) is 3.57 Å². The molecule has 2 heterocycles. The van der Waals surface area contributed by atoms with Crippen molar-refractivity contribution in [3.05, 3.63) is 34.0 Å². The van der Waals surface area contributed by atoms with Crippen molar-refractivity contribution in [3.8, 4) is 0 Å². The smallest absolute Gasteiger partial charge is 0.224 e. The van der Waals surface area contributed by atoms with E-state index in [0.29, 0.717) is 11.5 Å². The summed E-state index contributed by atoms with van der Waals surface area (Å²) in [5.41, 5.74) is 7.21. The van der Waals surface area contributed by atoms with E-state index in [1.165, 1.54) is 3.57 Å². The second-order valence-electron chi connectivity index (χ2n) is 3.69. The number of H-pyrrole nitrogens is 1. The number of rotatable bonds is 2. The highest BCUT2D eigenvalue weighted by Gasteiger charge is 2.07. The van der Waals surface area contributed by atoms with Crippen LogP contribution in [0.4, 0.5) is 17.5 Å². The lowest BCUT2D eigenvalue weighted by molar-refractivity contribution is 1.09. The molecule has 3 aromatic rings. The molecule has 0 aliphatic heterocycles. The molecule has 0 aliphatic carbocycles. The normalized spacial score (nSPS) is 10.7. The van der Waals surface area contributed by atoms with E-state index in [9.17, 15) is 0 Å². The molecule has 0 saturated heterocycles. The summed E-state index contributed by atoms with van der Waals surface area (Å²) in [4.78, 5) is 8.24. The summed E-state index contributed by atoms with van der Waals surface area (Å²) < 4.78 is 1.17. The van der Waals surface area contributed by atoms with Crippen LogP contribution in [-0.4, -0.2) is 20.2 Å². The second kappa shape index (κ2) is 4.41. The highest BCUT2D eigenvalue weighted by atomic mass is 127. The maximum Gasteiger partial charge on any atom is 0.224 e. The maximum absolute atomic E-state index is 5.65. The van der Waals surface area contributed by atoms with E-state index in [1.807, 2.05) is 24.3 Å². The van der Waals surface area contributed by atoms with Gasteiger partial charge in [0.2, 0.25) is 5.95 Å². The molecule has 0 unspecified atom stereocenters. The van der Waals surface area contributed by atoms with Crippen molar-refractivity contribution in [2.24, 2.45) is 0 Å². The van der Waals surface area contributed by atoms with Crippen molar-refractivity contribution >= 4 is 51.1 Å². The highest BCUT2D eigenvalue weighted by molar-refractivity contribution is 14.1. The molecular formula is C11H9IN6. The topological polar surface area (TPSA) is 92.5 Å². The van der Waals surface area contributed by atoms with Crippen LogP contribution in [0.5, 0.6) is 0 Å². The summed E-state index contributed by atoms with van der Waals surface area (Å²) in [6, 6.07) is 7.98. The van der Waals surface area contributed by atoms with Crippen LogP contribution in [0.1, 0.15) is 0 Å². The lowest BCUT2D eigenvalue weighted by Crippen LogP contribution is -2.00. The fraction of sp³-hybridized carbons (Fsp3) is 0. The standard InChI is InChI=1S/C11H9IN6/c12-6-1-3-7(4-2-6)15-9-8-5-14-18-10(8)17-11(13)16-9/h1-5H,(H4,13,14,15,16,17,18). The van der Waals surface area contributed by atoms with Crippen molar-refractivity contribution in [1.29, 1.82) is 0 Å². The van der Waals surface area contributed by atoms with E-state index in [0.717, 1.165) is 11.1 Å². The van der Waals surface area contributed by atoms with Crippen molar-refractivity contribution in [3.63, 3.8) is 0 Å². The lowest BCUT2D eigenvalue weighted by Gasteiger charge is -2.06. The molecule has 3 rings (SSSR count). The summed E-state index contributed by atoms with van der Waals surface area (Å²) in [6.07, 6.45) is 1.67. The molecule has 0 fully saturated rings. The highest BCUT2D eigenvalue weighted by Crippen LogP contribution is 2.23. The van der Waals surface area contributed by atoms with Crippen LogP contribution in [0.2, 0.25) is 0 Å². The Hall–Kier alpha value is -1.90. The summed E-state index contributed by atoms with van der Waals surface area (Å²) in [5.74, 6) is 0.854. The van der Waals surface area contributed by atoms with Gasteiger partial charge in [-0.15, -0.1) is 0 Å². The molecule has 0 atom stereocenters. The molecule has 7 heteroatoms. The number of halogens is 1. The SMILES string of the molecule is Nc1nc(Nc2ccc(I)cc2)c2cn[nH]c2n1. The second-order valence-corrected chi connectivity index (χ2v) is 4.94. The number of aromatic amines is 1. The van der Waals surface area contributed by atoms with Crippen LogP contribution in [-0.2, 0) is 0 Å². The quantitative estimate of drug-likeness (QED) is 0.616. The molecule has 0 aliphatic rings. The molecule has 0 spiro atoms. The van der Waals surface area contributed by atoms with Gasteiger partial charge in [-0.2, -0.15) is 15.1 Å². The molecule has 90 valence electrons. The lowest BCUT2D eigenvalue weighted by atomic mass is 10.3. The van der Waals surface area contributed by atoms with Gasteiger partial charge >= 0.3 is 0 Å². The number of fused-ring (bicyclic) bond motifs is 1. The van der Waals surface area contributed by atoms with Crippen molar-refractivity contribution in [2.75, 3.05) is 11.1 Å². The largest absolute Gasteiger partial charge is 0.368 e. The van der Waals surface area contributed by atoms with Gasteiger partial charge in [0.25, 0.3) is 0 Å². The molecule has 18 heavy (non-hydrogen) atoms. The van der Waals surface area contributed by atoms with E-state index in [4.69, 9.17) is 5.73 Å². The Morgan fingerprint density at radius 2 is 1.94 bits per heavy atom. The fourth-order valence-electron chi connectivity index (χ4n) is 1.62. The van der Waals surface area contributed by atoms with Crippen LogP contribution in [0.25, 0.3) is 11.0 Å². The maximum atomic E-state index is 5.65. The Kier molecular flexibility index (Phi) is 2.74. The van der Waals surface area contributed by atoms with Gasteiger partial charge in [-0.25, -0.2) is 0 Å². The molecule has 2 aromatic heterocycles. The van der Waals surface area contributed by atoms with Gasteiger partial charge in [0.1, 0.15) is 5.82 Å². The molecule has 0 bridgehead atoms. The Morgan fingerprint density at radius 1 is 1.17 bits per heavy atom. The molecule has 0 saturated carbocycles. The summed E-state index contributed by atoms with van der Waals surface area (Å²) >= 11 is 2.26. The zero-order valence-electron chi connectivity index (χ0n) is 9.18. The third-order valence-corrected chi connectivity index (χ3v) is 3.15. The Labute approximate surface area is 116 Å². The fourth-order valence-corrected chi connectivity index (χ4v) is 1.98. The van der Waals surface area contributed by atoms with Gasteiger partial charge in [-0.05, 0) is 46.9 Å². The van der Waals surface area contributed by atoms with Gasteiger partial charge in [0.05, 0.1) is 11.6 Å². The van der Waals surface area contributed by atoms with Gasteiger partial charge < -0.3 is 11.1 Å². The minimum atomic E-state index is 0.208. The zero-order chi connectivity index (χ0) is 12.5. The molecule has 0 radical (unpaired) electrons. The van der Waals surface area contributed by atoms with Crippen molar-refractivity contribution in [2.45, 2.75) is 0 Å². The summed E-state index contributed by atoms with van der Waals surface area (Å²) in [5, 5.41) is 10.7. The number of nitrogens with one attached hydrogen (secondary N) is 2. The van der Waals surface area contributed by atoms with Gasteiger partial charge in [0, 0.05) is 9.26 Å². The average molecular weight is 352 g/mol. The number of nitrogens with zero attached hydrogens (tertiary/aromatic N) is 3. The minimum absolute atomic E-state index is 0.208. The van der Waals surface area contributed by atoms with Crippen LogP contribution < -0.4 is 11.1 Å². The predicted molar refractivity (Wildman–Crippen MR) is 78.5 cm³/mol. The molecule has 4 N–H and O–H groups in total. The van der Waals surface area contributed by atoms with Crippen molar-refractivity contribution < 1.29 is 0 Å². The third-order valence-electron chi connectivity index (χ3n) is 2.43. The average Bonchev–Trinajstić information content (AvgIpc) is 2.80. The van der Waals surface area contributed by atoms with Gasteiger partial charge in [-0.1, -0.05) is 0 Å². The molecule has 1 aromatic carbocycles. The molecule has 6 nitrogen and oxygen atoms in total. The molecule has 0 amide bonds. The summed E-state index contributed by atoms with van der Waals surface area (Å²) in [7, 11) is 0. The van der Waals surface area contributed by atoms with Crippen molar-refractivity contribution in [1.82, 2.24) is 20.2 Å². The van der Waals surface area contributed by atoms with E-state index in [-0.39, 0.29) is 5.95 Å². The van der Waals surface area contributed by atoms with Crippen LogP contribution in [0.3, 0.4) is 0 Å². The number of hydrogen-bond acceptors (Lipinski definition) is 5. The van der Waals surface area contributed by atoms with E-state index in [2.05, 4.69) is 48.1 Å². The predicted octanol–water partition coefficient (Wildman–Crippen LogP) is 2.28. The first kappa shape index (κ1) is 11.2. The van der Waals surface area contributed by atoms with Crippen LogP contribution >= 0.6 is 22.6 Å². The van der Waals surface area contributed by atoms with Gasteiger partial charge in [-0.3, -0.25) is 5.10 Å². The number of aromatic nitrogens is 4. The zero-order valence-corrected chi connectivity index (χ0v) is 11.3. The summed E-state index contributed by atoms with van der Waals surface area (Å²) in [6.45, 7) is 0. The Balaban J connectivity index is 2.03. The Morgan fingerprint density at radius 3 is 2.72 bits per heavy atom. The Bertz CT molecular complexity index is 690. The number of hydrogen-bond donors (Lipinski definition) is 3. The number of anilines is 3. The van der Waals surface area contributed by atoms with E-state index in [1.54, 1.807) is 6.20 Å². The number of benzene rings is 1. The van der Waals surface area contributed by atoms with E-state index < -0.39 is 0 Å². The number of nitrogens with two attached hydrogens (primary N) is 1. The third kappa shape index (κ3) is 2.08. The van der Waals surface area contributed by atoms with Gasteiger partial charge in [0.15, 0.2) is 5.65 Å².